The van der Waals surface area contributed by atoms with Gasteiger partial charge < -0.3 is 18.9 Å². The zero-order chi connectivity index (χ0) is 22.5. The van der Waals surface area contributed by atoms with Crippen molar-refractivity contribution in [2.24, 2.45) is 0 Å². The zero-order valence-electron chi connectivity index (χ0n) is 19.4. The molecule has 0 amide bonds. The van der Waals surface area contributed by atoms with Gasteiger partial charge in [-0.1, -0.05) is 20.8 Å². The Kier molecular flexibility index (Phi) is 9.09. The minimum atomic E-state index is -0.723. The predicted molar refractivity (Wildman–Crippen MR) is 116 cm³/mol. The standard InChI is InChI=1S/C22H38O6S/c1-20(2,3)27-17-13-11-15(26-19(24)29-22(7,8)9)10-12-16(14-17)25-18(23)28-21(4,5)6/h10,12,15-17H,11,13-14H2,1-9H3/b12-10+. The van der Waals surface area contributed by atoms with Gasteiger partial charge in [0.25, 0.3) is 0 Å². The Morgan fingerprint density at radius 2 is 1.41 bits per heavy atom. The topological polar surface area (TPSA) is 71.1 Å². The van der Waals surface area contributed by atoms with Gasteiger partial charge in [-0.2, -0.15) is 0 Å². The molecule has 0 N–H and O–H groups in total. The average Bonchev–Trinajstić information content (AvgIpc) is 2.42. The van der Waals surface area contributed by atoms with Crippen LogP contribution in [0.1, 0.15) is 81.6 Å². The van der Waals surface area contributed by atoms with Crippen LogP contribution in [-0.2, 0) is 18.9 Å². The van der Waals surface area contributed by atoms with E-state index in [1.165, 1.54) is 0 Å². The van der Waals surface area contributed by atoms with Gasteiger partial charge in [0.05, 0.1) is 11.7 Å². The van der Waals surface area contributed by atoms with Gasteiger partial charge in [0.2, 0.25) is 0 Å². The van der Waals surface area contributed by atoms with E-state index >= 15 is 0 Å². The highest BCUT2D eigenvalue weighted by Crippen LogP contribution is 2.28. The monoisotopic (exact) mass is 430 g/mol. The van der Waals surface area contributed by atoms with Crippen molar-refractivity contribution in [3.8, 4) is 0 Å². The highest BCUT2D eigenvalue weighted by atomic mass is 32.2. The molecule has 3 unspecified atom stereocenters. The van der Waals surface area contributed by atoms with E-state index in [-0.39, 0.29) is 21.8 Å². The van der Waals surface area contributed by atoms with E-state index in [0.29, 0.717) is 19.3 Å². The number of rotatable bonds is 3. The van der Waals surface area contributed by atoms with Crippen LogP contribution in [0, 0.1) is 0 Å². The molecule has 0 bridgehead atoms. The van der Waals surface area contributed by atoms with Crippen LogP contribution in [0.15, 0.2) is 12.2 Å². The number of hydrogen-bond donors (Lipinski definition) is 0. The molecule has 0 aromatic heterocycles. The lowest BCUT2D eigenvalue weighted by Gasteiger charge is -2.32. The highest BCUT2D eigenvalue weighted by Gasteiger charge is 2.29. The summed E-state index contributed by atoms with van der Waals surface area (Å²) in [5.41, 5.74) is -0.968. The molecule has 7 heteroatoms. The predicted octanol–water partition coefficient (Wildman–Crippen LogP) is 6.27. The summed E-state index contributed by atoms with van der Waals surface area (Å²) in [5, 5.41) is -0.314. The van der Waals surface area contributed by atoms with Crippen LogP contribution in [-0.4, -0.2) is 45.7 Å². The average molecular weight is 431 g/mol. The van der Waals surface area contributed by atoms with Crippen LogP contribution in [0.2, 0.25) is 0 Å². The molecule has 3 atom stereocenters. The fraction of sp³-hybridized carbons (Fsp3) is 0.818. The summed E-state index contributed by atoms with van der Waals surface area (Å²) < 4.78 is 22.3. The minimum Gasteiger partial charge on any atom is -0.450 e. The summed E-state index contributed by atoms with van der Waals surface area (Å²) in [6.07, 6.45) is 3.64. The fourth-order valence-electron chi connectivity index (χ4n) is 2.74. The van der Waals surface area contributed by atoms with Crippen molar-refractivity contribution in [2.75, 3.05) is 0 Å². The Hall–Kier alpha value is -1.21. The molecule has 0 fully saturated rings. The second-order valence-electron chi connectivity index (χ2n) is 10.3. The first-order valence-corrected chi connectivity index (χ1v) is 11.0. The lowest BCUT2D eigenvalue weighted by atomic mass is 9.98. The Morgan fingerprint density at radius 1 is 0.828 bits per heavy atom. The van der Waals surface area contributed by atoms with Gasteiger partial charge in [-0.15, -0.1) is 0 Å². The van der Waals surface area contributed by atoms with E-state index in [0.717, 1.165) is 11.8 Å². The molecule has 0 saturated carbocycles. The van der Waals surface area contributed by atoms with E-state index < -0.39 is 24.0 Å². The van der Waals surface area contributed by atoms with Crippen molar-refractivity contribution in [3.63, 3.8) is 0 Å². The summed E-state index contributed by atoms with van der Waals surface area (Å²) in [6.45, 7) is 17.2. The van der Waals surface area contributed by atoms with Crippen LogP contribution in [0.3, 0.4) is 0 Å². The smallest absolute Gasteiger partial charge is 0.450 e. The molecule has 29 heavy (non-hydrogen) atoms. The van der Waals surface area contributed by atoms with E-state index in [9.17, 15) is 9.59 Å². The number of carbonyl (C=O) groups is 2. The number of thioether (sulfide) groups is 1. The molecule has 0 aromatic rings. The summed E-state index contributed by atoms with van der Waals surface area (Å²) in [7, 11) is 0. The van der Waals surface area contributed by atoms with E-state index in [1.807, 2.05) is 41.5 Å². The summed E-state index contributed by atoms with van der Waals surface area (Å²) >= 11 is 1.16. The van der Waals surface area contributed by atoms with Crippen molar-refractivity contribution in [2.45, 2.75) is 116 Å². The van der Waals surface area contributed by atoms with Crippen molar-refractivity contribution in [1.29, 1.82) is 0 Å². The zero-order valence-corrected chi connectivity index (χ0v) is 20.2. The highest BCUT2D eigenvalue weighted by molar-refractivity contribution is 8.14. The van der Waals surface area contributed by atoms with Crippen LogP contribution in [0.5, 0.6) is 0 Å². The van der Waals surface area contributed by atoms with E-state index in [2.05, 4.69) is 0 Å². The van der Waals surface area contributed by atoms with Crippen molar-refractivity contribution < 1.29 is 28.5 Å². The molecule has 0 saturated heterocycles. The SMILES string of the molecule is CC(C)(C)OC(=O)OC1/C=C/C(OC(=O)SC(C)(C)C)CCC(OC(C)(C)C)C1. The third-order valence-electron chi connectivity index (χ3n) is 3.60. The normalized spacial score (nSPS) is 24.8. The molecule has 1 aliphatic carbocycles. The van der Waals surface area contributed by atoms with Gasteiger partial charge in [0.1, 0.15) is 17.8 Å². The quantitative estimate of drug-likeness (QED) is 0.386. The molecule has 1 rings (SSSR count). The van der Waals surface area contributed by atoms with Crippen LogP contribution >= 0.6 is 11.8 Å². The van der Waals surface area contributed by atoms with Gasteiger partial charge in [0, 0.05) is 11.2 Å². The van der Waals surface area contributed by atoms with Gasteiger partial charge in [-0.3, -0.25) is 0 Å². The largest absolute Gasteiger partial charge is 0.509 e. The third kappa shape index (κ3) is 12.9. The number of ether oxygens (including phenoxy) is 4. The van der Waals surface area contributed by atoms with E-state index in [1.54, 1.807) is 32.9 Å². The minimum absolute atomic E-state index is 0.135. The molecule has 0 heterocycles. The lowest BCUT2D eigenvalue weighted by Crippen LogP contribution is -2.34. The van der Waals surface area contributed by atoms with Crippen molar-refractivity contribution in [3.05, 3.63) is 12.2 Å². The fourth-order valence-corrected chi connectivity index (χ4v) is 3.41. The second kappa shape index (κ2) is 10.2. The second-order valence-corrected chi connectivity index (χ2v) is 12.1. The number of carbonyl (C=O) groups excluding carboxylic acids is 2. The van der Waals surface area contributed by atoms with Crippen LogP contribution in [0.4, 0.5) is 9.59 Å². The Morgan fingerprint density at radius 3 is 1.93 bits per heavy atom. The first-order valence-electron chi connectivity index (χ1n) is 10.2. The van der Waals surface area contributed by atoms with Crippen molar-refractivity contribution in [1.82, 2.24) is 0 Å². The van der Waals surface area contributed by atoms with Crippen LogP contribution in [0.25, 0.3) is 0 Å². The molecule has 0 radical (unpaired) electrons. The summed E-state index contributed by atoms with van der Waals surface area (Å²) in [5.74, 6) is 0. The molecule has 0 aliphatic heterocycles. The molecule has 6 nitrogen and oxygen atoms in total. The summed E-state index contributed by atoms with van der Waals surface area (Å²) in [6, 6.07) is 0. The lowest BCUT2D eigenvalue weighted by molar-refractivity contribution is -0.0865. The maximum Gasteiger partial charge on any atom is 0.509 e. The Labute approximate surface area is 180 Å². The molecular weight excluding hydrogens is 392 g/mol. The maximum atomic E-state index is 12.2. The maximum absolute atomic E-state index is 12.2. The van der Waals surface area contributed by atoms with Gasteiger partial charge in [-0.05, 0) is 78.3 Å². The first-order chi connectivity index (χ1) is 13.0. The molecule has 1 aliphatic rings. The molecular formula is C22H38O6S. The number of hydrogen-bond acceptors (Lipinski definition) is 7. The van der Waals surface area contributed by atoms with Crippen LogP contribution < -0.4 is 0 Å². The Balaban J connectivity index is 2.88. The summed E-state index contributed by atoms with van der Waals surface area (Å²) in [4.78, 5) is 24.3. The van der Waals surface area contributed by atoms with Gasteiger partial charge in [-0.25, -0.2) is 9.59 Å². The first kappa shape index (κ1) is 25.8. The molecule has 0 spiro atoms. The van der Waals surface area contributed by atoms with Gasteiger partial charge >= 0.3 is 11.5 Å². The molecule has 168 valence electrons. The third-order valence-corrected chi connectivity index (χ3v) is 4.48. The van der Waals surface area contributed by atoms with Gasteiger partial charge in [0.15, 0.2) is 0 Å². The van der Waals surface area contributed by atoms with E-state index in [4.69, 9.17) is 18.9 Å². The molecule has 0 aromatic carbocycles. The van der Waals surface area contributed by atoms with Crippen molar-refractivity contribution >= 4 is 23.2 Å². The Bertz CT molecular complexity index is 580.